The van der Waals surface area contributed by atoms with Crippen LogP contribution in [0, 0.1) is 5.92 Å². The largest absolute Gasteiger partial charge is 0.357 e. The SMILES string of the molecule is CCNC(=NCC(C)c1ccsc1)NCCNC(=O)C1CCCCC1.I. The van der Waals surface area contributed by atoms with E-state index in [0.29, 0.717) is 19.0 Å². The molecule has 0 radical (unpaired) electrons. The van der Waals surface area contributed by atoms with Crippen LogP contribution in [0.2, 0.25) is 0 Å². The molecule has 1 aliphatic rings. The fourth-order valence-corrected chi connectivity index (χ4v) is 3.89. The van der Waals surface area contributed by atoms with Crippen LogP contribution < -0.4 is 16.0 Å². The highest BCUT2D eigenvalue weighted by atomic mass is 127. The van der Waals surface area contributed by atoms with Crippen LogP contribution in [-0.2, 0) is 4.79 Å². The smallest absolute Gasteiger partial charge is 0.223 e. The van der Waals surface area contributed by atoms with Gasteiger partial charge in [-0.2, -0.15) is 11.3 Å². The Balaban J connectivity index is 0.00000338. The fourth-order valence-electron chi connectivity index (χ4n) is 3.11. The minimum Gasteiger partial charge on any atom is -0.357 e. The zero-order valence-corrected chi connectivity index (χ0v) is 19.1. The number of rotatable bonds is 8. The predicted molar refractivity (Wildman–Crippen MR) is 122 cm³/mol. The lowest BCUT2D eigenvalue weighted by Gasteiger charge is -2.21. The molecule has 26 heavy (non-hydrogen) atoms. The summed E-state index contributed by atoms with van der Waals surface area (Å²) < 4.78 is 0. The van der Waals surface area contributed by atoms with Gasteiger partial charge in [0.25, 0.3) is 0 Å². The molecule has 5 nitrogen and oxygen atoms in total. The lowest BCUT2D eigenvalue weighted by molar-refractivity contribution is -0.125. The molecule has 1 aromatic heterocycles. The molecule has 7 heteroatoms. The summed E-state index contributed by atoms with van der Waals surface area (Å²) in [5.74, 6) is 1.67. The molecule has 1 amide bonds. The van der Waals surface area contributed by atoms with Crippen LogP contribution in [0.3, 0.4) is 0 Å². The number of nitrogens with one attached hydrogen (secondary N) is 3. The van der Waals surface area contributed by atoms with Crippen LogP contribution in [0.15, 0.2) is 21.8 Å². The van der Waals surface area contributed by atoms with Crippen molar-refractivity contribution in [3.05, 3.63) is 22.4 Å². The molecule has 0 spiro atoms. The molecule has 1 unspecified atom stereocenters. The van der Waals surface area contributed by atoms with E-state index in [4.69, 9.17) is 0 Å². The number of guanidine groups is 1. The van der Waals surface area contributed by atoms with Crippen molar-refractivity contribution in [1.29, 1.82) is 0 Å². The van der Waals surface area contributed by atoms with Gasteiger partial charge in [0.15, 0.2) is 5.96 Å². The van der Waals surface area contributed by atoms with E-state index in [9.17, 15) is 4.79 Å². The van der Waals surface area contributed by atoms with E-state index in [1.54, 1.807) is 11.3 Å². The van der Waals surface area contributed by atoms with E-state index in [-0.39, 0.29) is 35.8 Å². The minimum absolute atomic E-state index is 0. The summed E-state index contributed by atoms with van der Waals surface area (Å²) >= 11 is 1.72. The lowest BCUT2D eigenvalue weighted by atomic mass is 9.89. The second-order valence-electron chi connectivity index (χ2n) is 6.73. The molecule has 2 rings (SSSR count). The van der Waals surface area contributed by atoms with Crippen molar-refractivity contribution in [2.45, 2.75) is 51.9 Å². The summed E-state index contributed by atoms with van der Waals surface area (Å²) in [7, 11) is 0. The van der Waals surface area contributed by atoms with Crippen molar-refractivity contribution in [1.82, 2.24) is 16.0 Å². The number of amides is 1. The average molecular weight is 492 g/mol. The van der Waals surface area contributed by atoms with Crippen molar-refractivity contribution in [2.75, 3.05) is 26.2 Å². The highest BCUT2D eigenvalue weighted by molar-refractivity contribution is 14.0. The van der Waals surface area contributed by atoms with E-state index >= 15 is 0 Å². The molecule has 0 aromatic carbocycles. The second kappa shape index (κ2) is 13.4. The van der Waals surface area contributed by atoms with Crippen LogP contribution in [0.5, 0.6) is 0 Å². The van der Waals surface area contributed by atoms with Gasteiger partial charge in [0.1, 0.15) is 0 Å². The standard InChI is InChI=1S/C19H32N4OS.HI/c1-3-20-19(23-13-15(2)17-9-12-25-14-17)22-11-10-21-18(24)16-7-5-4-6-8-16;/h9,12,14-16H,3-8,10-11,13H2,1-2H3,(H,21,24)(H2,20,22,23);1H. The Morgan fingerprint density at radius 1 is 1.23 bits per heavy atom. The van der Waals surface area contributed by atoms with Crippen LogP contribution in [0.1, 0.15) is 57.4 Å². The predicted octanol–water partition coefficient (Wildman–Crippen LogP) is 3.72. The molecular weight excluding hydrogens is 459 g/mol. The number of nitrogens with zero attached hydrogens (tertiary/aromatic N) is 1. The van der Waals surface area contributed by atoms with Crippen LogP contribution in [0.25, 0.3) is 0 Å². The molecule has 1 aliphatic carbocycles. The van der Waals surface area contributed by atoms with Gasteiger partial charge >= 0.3 is 0 Å². The summed E-state index contributed by atoms with van der Waals surface area (Å²) in [6.45, 7) is 7.16. The average Bonchev–Trinajstić information content (AvgIpc) is 3.18. The first-order valence-electron chi connectivity index (χ1n) is 9.52. The molecule has 1 aromatic rings. The van der Waals surface area contributed by atoms with Gasteiger partial charge in [0.05, 0.1) is 0 Å². The van der Waals surface area contributed by atoms with Gasteiger partial charge in [-0.3, -0.25) is 9.79 Å². The summed E-state index contributed by atoms with van der Waals surface area (Å²) in [5, 5.41) is 13.9. The van der Waals surface area contributed by atoms with Gasteiger partial charge < -0.3 is 16.0 Å². The first-order valence-corrected chi connectivity index (χ1v) is 10.5. The first-order chi connectivity index (χ1) is 12.2. The topological polar surface area (TPSA) is 65.5 Å². The zero-order chi connectivity index (χ0) is 17.9. The Bertz CT molecular complexity index is 530. The Morgan fingerprint density at radius 3 is 2.62 bits per heavy atom. The van der Waals surface area contributed by atoms with Crippen LogP contribution in [0.4, 0.5) is 0 Å². The van der Waals surface area contributed by atoms with Gasteiger partial charge in [-0.1, -0.05) is 26.2 Å². The maximum Gasteiger partial charge on any atom is 0.223 e. The van der Waals surface area contributed by atoms with Gasteiger partial charge in [-0.15, -0.1) is 24.0 Å². The third-order valence-corrected chi connectivity index (χ3v) is 5.37. The number of carbonyl (C=O) groups is 1. The maximum absolute atomic E-state index is 12.1. The molecule has 1 saturated carbocycles. The summed E-state index contributed by atoms with van der Waals surface area (Å²) in [4.78, 5) is 16.8. The van der Waals surface area contributed by atoms with Crippen molar-refractivity contribution in [3.8, 4) is 0 Å². The van der Waals surface area contributed by atoms with Crippen molar-refractivity contribution < 1.29 is 4.79 Å². The van der Waals surface area contributed by atoms with Gasteiger partial charge in [0, 0.05) is 38.0 Å². The molecule has 3 N–H and O–H groups in total. The van der Waals surface area contributed by atoms with E-state index in [2.05, 4.69) is 51.6 Å². The third-order valence-electron chi connectivity index (χ3n) is 4.67. The molecule has 1 fully saturated rings. The molecule has 148 valence electrons. The highest BCUT2D eigenvalue weighted by Crippen LogP contribution is 2.23. The quantitative estimate of drug-likeness (QED) is 0.224. The van der Waals surface area contributed by atoms with Crippen molar-refractivity contribution >= 4 is 47.2 Å². The summed E-state index contributed by atoms with van der Waals surface area (Å²) in [6.07, 6.45) is 5.75. The Kier molecular flexibility index (Phi) is 11.9. The third kappa shape index (κ3) is 8.24. The summed E-state index contributed by atoms with van der Waals surface area (Å²) in [6, 6.07) is 2.16. The molecule has 0 saturated heterocycles. The van der Waals surface area contributed by atoms with Crippen molar-refractivity contribution in [2.24, 2.45) is 10.9 Å². The van der Waals surface area contributed by atoms with Gasteiger partial charge in [-0.25, -0.2) is 0 Å². The van der Waals surface area contributed by atoms with E-state index in [1.165, 1.54) is 24.8 Å². The van der Waals surface area contributed by atoms with Crippen molar-refractivity contribution in [3.63, 3.8) is 0 Å². The molecular formula is C19H33IN4OS. The number of aliphatic imine (C=N–C) groups is 1. The van der Waals surface area contributed by atoms with E-state index in [0.717, 1.165) is 31.9 Å². The molecule has 0 aliphatic heterocycles. The molecule has 0 bridgehead atoms. The normalized spacial score (nSPS) is 16.5. The Labute approximate surface area is 178 Å². The minimum atomic E-state index is 0. The number of halogens is 1. The van der Waals surface area contributed by atoms with Crippen LogP contribution in [-0.4, -0.2) is 38.0 Å². The van der Waals surface area contributed by atoms with E-state index in [1.807, 2.05) is 0 Å². The molecule has 1 atom stereocenters. The second-order valence-corrected chi connectivity index (χ2v) is 7.51. The van der Waals surface area contributed by atoms with Gasteiger partial charge in [-0.05, 0) is 42.2 Å². The number of carbonyl (C=O) groups excluding carboxylic acids is 1. The number of hydrogen-bond acceptors (Lipinski definition) is 3. The van der Waals surface area contributed by atoms with Crippen LogP contribution >= 0.6 is 35.3 Å². The maximum atomic E-state index is 12.1. The number of hydrogen-bond donors (Lipinski definition) is 3. The van der Waals surface area contributed by atoms with E-state index < -0.39 is 0 Å². The Hall–Kier alpha value is -0.830. The first kappa shape index (κ1) is 23.2. The fraction of sp³-hybridized carbons (Fsp3) is 0.684. The van der Waals surface area contributed by atoms with Gasteiger partial charge in [0.2, 0.25) is 5.91 Å². The number of thiophene rings is 1. The zero-order valence-electron chi connectivity index (χ0n) is 15.9. The lowest BCUT2D eigenvalue weighted by Crippen LogP contribution is -2.42. The highest BCUT2D eigenvalue weighted by Gasteiger charge is 2.20. The monoisotopic (exact) mass is 492 g/mol. The summed E-state index contributed by atoms with van der Waals surface area (Å²) in [5.41, 5.74) is 1.34. The molecule has 1 heterocycles. The Morgan fingerprint density at radius 2 is 1.96 bits per heavy atom.